The van der Waals surface area contributed by atoms with Crippen LogP contribution in [0.15, 0.2) is 0 Å². The molecule has 0 radical (unpaired) electrons. The van der Waals surface area contributed by atoms with Gasteiger partial charge in [-0.15, -0.1) is 0 Å². The Bertz CT molecular complexity index is 189. The van der Waals surface area contributed by atoms with Crippen molar-refractivity contribution >= 4 is 0 Å². The first-order chi connectivity index (χ1) is 5.75. The van der Waals surface area contributed by atoms with E-state index in [4.69, 9.17) is 0 Å². The van der Waals surface area contributed by atoms with Gasteiger partial charge in [0.15, 0.2) is 0 Å². The summed E-state index contributed by atoms with van der Waals surface area (Å²) >= 11 is 0. The summed E-state index contributed by atoms with van der Waals surface area (Å²) < 4.78 is 0. The lowest BCUT2D eigenvalue weighted by Crippen LogP contribution is -2.76. The van der Waals surface area contributed by atoms with Crippen molar-refractivity contribution in [3.8, 4) is 0 Å². The predicted molar refractivity (Wildman–Crippen MR) is 45.7 cm³/mol. The van der Waals surface area contributed by atoms with Crippen LogP contribution >= 0.6 is 0 Å². The minimum Gasteiger partial charge on any atom is -0.225 e. The molecule has 4 aliphatic rings. The Morgan fingerprint density at radius 2 is 1.92 bits per heavy atom. The van der Waals surface area contributed by atoms with Gasteiger partial charge in [0, 0.05) is 39.8 Å². The number of hydrogen-bond donors (Lipinski definition) is 0. The maximum absolute atomic E-state index is 2.46. The van der Waals surface area contributed by atoms with Crippen LogP contribution in [-0.2, 0) is 0 Å². The van der Waals surface area contributed by atoms with Crippen molar-refractivity contribution in [2.45, 2.75) is 12.5 Å². The molecule has 4 aliphatic heterocycles. The highest BCUT2D eigenvalue weighted by Crippen LogP contribution is 2.34. The lowest BCUT2D eigenvalue weighted by Gasteiger charge is -2.62. The van der Waals surface area contributed by atoms with Gasteiger partial charge in [-0.05, 0) is 12.3 Å². The fraction of sp³-hybridized carbons (Fsp3) is 1.00. The van der Waals surface area contributed by atoms with Gasteiger partial charge in [-0.25, -0.2) is 10.0 Å². The first kappa shape index (κ1) is 7.26. The number of hydrazine groups is 3. The maximum Gasteiger partial charge on any atom is 0.0402 e. The summed E-state index contributed by atoms with van der Waals surface area (Å²) in [5.74, 6) is 0.913. The number of piperidine rings is 1. The first-order valence-corrected chi connectivity index (χ1v) is 4.74. The molecule has 4 heterocycles. The zero-order valence-corrected chi connectivity index (χ0v) is 7.77. The van der Waals surface area contributed by atoms with Gasteiger partial charge < -0.3 is 0 Å². The van der Waals surface area contributed by atoms with E-state index in [0.29, 0.717) is 0 Å². The molecule has 0 aromatic carbocycles. The van der Waals surface area contributed by atoms with Crippen molar-refractivity contribution in [3.05, 3.63) is 0 Å². The van der Waals surface area contributed by atoms with E-state index in [1.165, 1.54) is 26.1 Å². The van der Waals surface area contributed by atoms with Gasteiger partial charge in [0.05, 0.1) is 0 Å². The van der Waals surface area contributed by atoms with Crippen molar-refractivity contribution in [1.82, 2.24) is 20.3 Å². The normalized spacial score (nSPS) is 53.5. The van der Waals surface area contributed by atoms with Crippen LogP contribution in [0.2, 0.25) is 0 Å². The third kappa shape index (κ3) is 0.758. The highest BCUT2D eigenvalue weighted by Gasteiger charge is 2.46. The Labute approximate surface area is 73.2 Å². The first-order valence-electron chi connectivity index (χ1n) is 4.74. The van der Waals surface area contributed by atoms with Crippen LogP contribution in [0.25, 0.3) is 0 Å². The Balaban J connectivity index is 1.93. The molecule has 0 N–H and O–H groups in total. The lowest BCUT2D eigenvalue weighted by atomic mass is 9.92. The summed E-state index contributed by atoms with van der Waals surface area (Å²) in [4.78, 5) is 0. The number of likely N-dealkylation sites (N-methyl/N-ethyl adjacent to an activating group) is 1. The molecule has 4 bridgehead atoms. The van der Waals surface area contributed by atoms with Crippen LogP contribution in [-0.4, -0.2) is 60.0 Å². The van der Waals surface area contributed by atoms with Gasteiger partial charge in [0.25, 0.3) is 0 Å². The molecule has 4 fully saturated rings. The molecule has 4 unspecified atom stereocenters. The fourth-order valence-corrected chi connectivity index (χ4v) is 2.81. The molecule has 68 valence electrons. The zero-order valence-electron chi connectivity index (χ0n) is 7.77. The molecule has 0 aromatic heterocycles. The van der Waals surface area contributed by atoms with Crippen molar-refractivity contribution in [2.75, 3.05) is 33.7 Å². The predicted octanol–water partition coefficient (Wildman–Crippen LogP) is -0.385. The molecule has 0 saturated carbocycles. The van der Waals surface area contributed by atoms with E-state index in [9.17, 15) is 0 Å². The van der Waals surface area contributed by atoms with E-state index in [1.807, 2.05) is 0 Å². The largest absolute Gasteiger partial charge is 0.225 e. The maximum atomic E-state index is 2.46. The second kappa shape index (κ2) is 2.20. The van der Waals surface area contributed by atoms with Crippen molar-refractivity contribution in [2.24, 2.45) is 5.92 Å². The molecule has 4 rings (SSSR count). The van der Waals surface area contributed by atoms with Crippen molar-refractivity contribution in [3.63, 3.8) is 0 Å². The summed E-state index contributed by atoms with van der Waals surface area (Å²) in [5.41, 5.74) is 0. The van der Waals surface area contributed by atoms with E-state index in [1.54, 1.807) is 0 Å². The molecule has 4 saturated heterocycles. The second-order valence-electron chi connectivity index (χ2n) is 4.25. The molecule has 0 aliphatic carbocycles. The zero-order chi connectivity index (χ0) is 8.29. The average molecular weight is 168 g/mol. The average Bonchev–Trinajstić information content (AvgIpc) is 2.07. The molecule has 0 spiro atoms. The third-order valence-corrected chi connectivity index (χ3v) is 3.55. The molecule has 4 heteroatoms. The summed E-state index contributed by atoms with van der Waals surface area (Å²) in [6.07, 6.45) is 1.40. The number of nitrogens with zero attached hydrogens (tertiary/aromatic N) is 4. The van der Waals surface area contributed by atoms with E-state index in [2.05, 4.69) is 34.3 Å². The van der Waals surface area contributed by atoms with Crippen molar-refractivity contribution < 1.29 is 0 Å². The van der Waals surface area contributed by atoms with Gasteiger partial charge in [-0.1, -0.05) is 0 Å². The van der Waals surface area contributed by atoms with E-state index < -0.39 is 0 Å². The minimum atomic E-state index is 0.772. The molecule has 4 nitrogen and oxygen atoms in total. The Morgan fingerprint density at radius 1 is 1.08 bits per heavy atom. The SMILES string of the molecule is CN1C2CC3CN(C2)N(C)N1C3. The molecule has 4 atom stereocenters. The Kier molecular flexibility index (Phi) is 1.33. The third-order valence-electron chi connectivity index (χ3n) is 3.55. The standard InChI is InChI=1S/C8H16N4/c1-9-8-3-7-4-11(6-8)10(2)12(9)5-7/h7-8H,3-6H2,1-2H3. The topological polar surface area (TPSA) is 13.0 Å². The van der Waals surface area contributed by atoms with Gasteiger partial charge in [-0.2, -0.15) is 10.2 Å². The van der Waals surface area contributed by atoms with Gasteiger partial charge in [0.2, 0.25) is 0 Å². The van der Waals surface area contributed by atoms with Crippen LogP contribution < -0.4 is 0 Å². The van der Waals surface area contributed by atoms with Crippen LogP contribution in [0.5, 0.6) is 0 Å². The highest BCUT2D eigenvalue weighted by atomic mass is 16.0. The second-order valence-corrected chi connectivity index (χ2v) is 4.25. The van der Waals surface area contributed by atoms with Crippen LogP contribution in [0.1, 0.15) is 6.42 Å². The lowest BCUT2D eigenvalue weighted by molar-refractivity contribution is -0.362. The van der Waals surface area contributed by atoms with Crippen LogP contribution in [0, 0.1) is 5.92 Å². The van der Waals surface area contributed by atoms with Crippen LogP contribution in [0.4, 0.5) is 0 Å². The van der Waals surface area contributed by atoms with E-state index in [-0.39, 0.29) is 0 Å². The summed E-state index contributed by atoms with van der Waals surface area (Å²) in [5, 5.41) is 9.49. The molecule has 12 heavy (non-hydrogen) atoms. The minimum absolute atomic E-state index is 0.772. The van der Waals surface area contributed by atoms with E-state index in [0.717, 1.165) is 12.0 Å². The Morgan fingerprint density at radius 3 is 2.75 bits per heavy atom. The van der Waals surface area contributed by atoms with Crippen molar-refractivity contribution in [1.29, 1.82) is 0 Å². The number of rotatable bonds is 0. The monoisotopic (exact) mass is 168 g/mol. The Hall–Kier alpha value is -0.160. The van der Waals surface area contributed by atoms with E-state index >= 15 is 0 Å². The molecule has 0 amide bonds. The quantitative estimate of drug-likeness (QED) is 0.488. The van der Waals surface area contributed by atoms with Gasteiger partial charge in [0.1, 0.15) is 0 Å². The summed E-state index contributed by atoms with van der Waals surface area (Å²) in [7, 11) is 4.37. The highest BCUT2D eigenvalue weighted by molar-refractivity contribution is 4.90. The number of hydrogen-bond acceptors (Lipinski definition) is 4. The molecular weight excluding hydrogens is 152 g/mol. The summed E-state index contributed by atoms with van der Waals surface area (Å²) in [6.45, 7) is 3.72. The smallest absolute Gasteiger partial charge is 0.0402 e. The molecular formula is C8H16N4. The molecule has 0 aromatic rings. The fourth-order valence-electron chi connectivity index (χ4n) is 2.81. The van der Waals surface area contributed by atoms with Crippen LogP contribution in [0.3, 0.4) is 0 Å². The van der Waals surface area contributed by atoms with Gasteiger partial charge >= 0.3 is 0 Å². The van der Waals surface area contributed by atoms with Gasteiger partial charge in [-0.3, -0.25) is 0 Å². The summed E-state index contributed by atoms with van der Waals surface area (Å²) in [6, 6.07) is 0.772.